The number of amides is 3. The Labute approximate surface area is 69.8 Å². The zero-order chi connectivity index (χ0) is 5.28. The molecule has 0 aromatic carbocycles. The van der Waals surface area contributed by atoms with Gasteiger partial charge in [-0.05, 0) is 0 Å². The molecule has 1 heterocycles. The molecule has 1 fully saturated rings. The van der Waals surface area contributed by atoms with Crippen molar-refractivity contribution in [3.63, 3.8) is 0 Å². The summed E-state index contributed by atoms with van der Waals surface area (Å²) in [6.45, 7) is 0.124. The summed E-state index contributed by atoms with van der Waals surface area (Å²) in [5, 5.41) is 4.30. The molecule has 1 saturated heterocycles. The summed E-state index contributed by atoms with van der Waals surface area (Å²) in [6.07, 6.45) is 0. The molecule has 2 N–H and O–H groups in total. The number of rotatable bonds is 0. The Balaban J connectivity index is 0. The van der Waals surface area contributed by atoms with Gasteiger partial charge in [-0.25, -0.2) is 4.79 Å². The van der Waals surface area contributed by atoms with E-state index in [0.717, 1.165) is 0 Å². The molecule has 0 atom stereocenters. The van der Waals surface area contributed by atoms with E-state index in [2.05, 4.69) is 5.32 Å². The van der Waals surface area contributed by atoms with Gasteiger partial charge in [-0.1, -0.05) is 0 Å². The number of hydrogen-bond acceptors (Lipinski definition) is 2. The largest absolute Gasteiger partial charge is 1.00 e. The molecule has 40 valence electrons. The van der Waals surface area contributed by atoms with Crippen molar-refractivity contribution in [2.24, 2.45) is 0 Å². The van der Waals surface area contributed by atoms with Gasteiger partial charge in [0.25, 0.3) is 0 Å². The third-order valence-electron chi connectivity index (χ3n) is 0.662. The summed E-state index contributed by atoms with van der Waals surface area (Å²) in [5.41, 5.74) is 0. The van der Waals surface area contributed by atoms with Gasteiger partial charge in [0.15, 0.2) is 0 Å². The average molecular weight is 124 g/mol. The molecule has 0 spiro atoms. The van der Waals surface area contributed by atoms with Crippen LogP contribution >= 0.6 is 0 Å². The quantitative estimate of drug-likeness (QED) is 0.255. The number of hydrogen-bond donors (Lipinski definition) is 2. The van der Waals surface area contributed by atoms with Gasteiger partial charge in [-0.15, -0.1) is 0 Å². The fourth-order valence-electron chi connectivity index (χ4n) is 0.376. The molecule has 0 radical (unpaired) electrons. The standard InChI is InChI=1S/C3H4N2O2.Na.H/c6-2-1-4-3(7)5-2;;/h1H2,(H2,4,5,6,7);;/q;+1;-1. The molecular weight excluding hydrogens is 119 g/mol. The summed E-state index contributed by atoms with van der Waals surface area (Å²) in [4.78, 5) is 20.1. The second kappa shape index (κ2) is 3.06. The summed E-state index contributed by atoms with van der Waals surface area (Å²) in [7, 11) is 0. The third kappa shape index (κ3) is 1.81. The van der Waals surface area contributed by atoms with Crippen LogP contribution in [0.15, 0.2) is 0 Å². The number of carbonyl (C=O) groups is 2. The number of carbonyl (C=O) groups excluding carboxylic acids is 2. The maximum Gasteiger partial charge on any atom is 1.00 e. The first-order chi connectivity index (χ1) is 3.29. The smallest absolute Gasteiger partial charge is 1.00 e. The van der Waals surface area contributed by atoms with Crippen LogP contribution in [0.2, 0.25) is 0 Å². The predicted octanol–water partition coefficient (Wildman–Crippen LogP) is -4.06. The van der Waals surface area contributed by atoms with Gasteiger partial charge >= 0.3 is 35.6 Å². The minimum Gasteiger partial charge on any atom is -1.00 e. The van der Waals surface area contributed by atoms with E-state index in [1.165, 1.54) is 0 Å². The summed E-state index contributed by atoms with van der Waals surface area (Å²) >= 11 is 0. The molecule has 0 unspecified atom stereocenters. The van der Waals surface area contributed by atoms with Crippen molar-refractivity contribution in [3.05, 3.63) is 0 Å². The Kier molecular flexibility index (Phi) is 3.04. The van der Waals surface area contributed by atoms with Gasteiger partial charge in [0, 0.05) is 0 Å². The molecule has 1 rings (SSSR count). The normalized spacial score (nSPS) is 16.5. The molecule has 0 bridgehead atoms. The fraction of sp³-hybridized carbons (Fsp3) is 0.333. The van der Waals surface area contributed by atoms with Crippen LogP contribution in [0.1, 0.15) is 1.43 Å². The van der Waals surface area contributed by atoms with Crippen LogP contribution < -0.4 is 40.2 Å². The first-order valence-electron chi connectivity index (χ1n) is 1.87. The summed E-state index contributed by atoms with van der Waals surface area (Å²) in [6, 6.07) is -0.398. The molecule has 8 heavy (non-hydrogen) atoms. The molecule has 0 aromatic heterocycles. The fourth-order valence-corrected chi connectivity index (χ4v) is 0.376. The third-order valence-corrected chi connectivity index (χ3v) is 0.662. The zero-order valence-electron chi connectivity index (χ0n) is 5.52. The Hall–Kier alpha value is -0.0600. The van der Waals surface area contributed by atoms with Gasteiger partial charge in [0.2, 0.25) is 5.91 Å². The van der Waals surface area contributed by atoms with Gasteiger partial charge in [0.05, 0.1) is 6.54 Å². The monoisotopic (exact) mass is 124 g/mol. The van der Waals surface area contributed by atoms with Crippen molar-refractivity contribution in [1.82, 2.24) is 10.6 Å². The van der Waals surface area contributed by atoms with Gasteiger partial charge < -0.3 is 6.74 Å². The molecule has 0 saturated carbocycles. The van der Waals surface area contributed by atoms with E-state index in [1.54, 1.807) is 0 Å². The van der Waals surface area contributed by atoms with Crippen LogP contribution in [0.25, 0.3) is 0 Å². The van der Waals surface area contributed by atoms with Gasteiger partial charge in [0.1, 0.15) is 0 Å². The minimum absolute atomic E-state index is 0. The minimum atomic E-state index is -0.398. The summed E-state index contributed by atoms with van der Waals surface area (Å²) < 4.78 is 0. The first kappa shape index (κ1) is 7.94. The van der Waals surface area contributed by atoms with E-state index in [-0.39, 0.29) is 43.4 Å². The number of urea groups is 1. The van der Waals surface area contributed by atoms with Crippen molar-refractivity contribution in [2.45, 2.75) is 0 Å². The van der Waals surface area contributed by atoms with Crippen molar-refractivity contribution < 1.29 is 40.6 Å². The van der Waals surface area contributed by atoms with Crippen LogP contribution in [-0.4, -0.2) is 18.5 Å². The summed E-state index contributed by atoms with van der Waals surface area (Å²) in [5.74, 6) is -0.259. The average Bonchev–Trinajstić information content (AvgIpc) is 1.87. The zero-order valence-corrected chi connectivity index (χ0v) is 6.52. The van der Waals surface area contributed by atoms with E-state index in [9.17, 15) is 9.59 Å². The van der Waals surface area contributed by atoms with Crippen LogP contribution in [0.4, 0.5) is 4.79 Å². The molecule has 3 amide bonds. The first-order valence-corrected chi connectivity index (χ1v) is 1.87. The molecule has 0 aliphatic carbocycles. The van der Waals surface area contributed by atoms with Crippen molar-refractivity contribution in [3.8, 4) is 0 Å². The molecule has 1 aliphatic rings. The maximum absolute atomic E-state index is 10.1. The molecule has 4 nitrogen and oxygen atoms in total. The van der Waals surface area contributed by atoms with Gasteiger partial charge in [-0.3, -0.25) is 10.1 Å². The second-order valence-corrected chi connectivity index (χ2v) is 1.23. The maximum atomic E-state index is 10.1. The molecule has 0 aromatic rings. The number of imide groups is 1. The van der Waals surface area contributed by atoms with Crippen LogP contribution in [0, 0.1) is 0 Å². The van der Waals surface area contributed by atoms with Gasteiger partial charge in [-0.2, -0.15) is 0 Å². The molecular formula is C3H5N2NaO2. The SMILES string of the molecule is O=C1CNC(=O)N1.[H-].[Na+]. The molecule has 5 heteroatoms. The Bertz CT molecular complexity index is 115. The van der Waals surface area contributed by atoms with E-state index in [0.29, 0.717) is 0 Å². The number of nitrogens with one attached hydrogen (secondary N) is 2. The predicted molar refractivity (Wildman–Crippen MR) is 22.7 cm³/mol. The Morgan fingerprint density at radius 1 is 1.50 bits per heavy atom. The van der Waals surface area contributed by atoms with Crippen LogP contribution in [0.5, 0.6) is 0 Å². The van der Waals surface area contributed by atoms with Crippen molar-refractivity contribution in [2.75, 3.05) is 6.54 Å². The second-order valence-electron chi connectivity index (χ2n) is 1.23. The van der Waals surface area contributed by atoms with Crippen molar-refractivity contribution in [1.29, 1.82) is 0 Å². The Morgan fingerprint density at radius 2 is 2.12 bits per heavy atom. The Morgan fingerprint density at radius 3 is 2.25 bits per heavy atom. The van der Waals surface area contributed by atoms with E-state index >= 15 is 0 Å². The van der Waals surface area contributed by atoms with Crippen LogP contribution in [0.3, 0.4) is 0 Å². The topological polar surface area (TPSA) is 58.2 Å². The van der Waals surface area contributed by atoms with E-state index in [4.69, 9.17) is 0 Å². The van der Waals surface area contributed by atoms with E-state index in [1.807, 2.05) is 5.32 Å². The molecule has 1 aliphatic heterocycles. The van der Waals surface area contributed by atoms with E-state index < -0.39 is 6.03 Å². The van der Waals surface area contributed by atoms with Crippen LogP contribution in [-0.2, 0) is 4.79 Å². The van der Waals surface area contributed by atoms with Crippen molar-refractivity contribution >= 4 is 11.9 Å².